The minimum absolute atomic E-state index is 0.748. The number of hydrogen-bond donors (Lipinski definition) is 0. The third-order valence-corrected chi connectivity index (χ3v) is 2.47. The molecule has 17 heavy (non-hydrogen) atoms. The van der Waals surface area contributed by atoms with Crippen LogP contribution in [0.5, 0.6) is 0 Å². The summed E-state index contributed by atoms with van der Waals surface area (Å²) in [5, 5.41) is 0.748. The van der Waals surface area contributed by atoms with E-state index in [1.165, 1.54) is 0 Å². The Balaban J connectivity index is 2.03. The van der Waals surface area contributed by atoms with Gasteiger partial charge in [0.15, 0.2) is 0 Å². The molecule has 0 aliphatic rings. The minimum atomic E-state index is 0.748. The molecule has 0 nitrogen and oxygen atoms in total. The van der Waals surface area contributed by atoms with Crippen molar-refractivity contribution in [1.82, 2.24) is 0 Å². The first-order chi connectivity index (χ1) is 8.34. The zero-order valence-electron chi connectivity index (χ0n) is 9.23. The van der Waals surface area contributed by atoms with Gasteiger partial charge in [0.2, 0.25) is 0 Å². The van der Waals surface area contributed by atoms with E-state index in [1.807, 2.05) is 66.7 Å². The van der Waals surface area contributed by atoms with Crippen LogP contribution in [0.4, 0.5) is 0 Å². The van der Waals surface area contributed by atoms with Gasteiger partial charge in [0, 0.05) is 10.6 Å². The molecule has 0 aromatic heterocycles. The van der Waals surface area contributed by atoms with Crippen molar-refractivity contribution >= 4 is 17.7 Å². The Morgan fingerprint density at radius 1 is 0.882 bits per heavy atom. The molecule has 0 heterocycles. The lowest BCUT2D eigenvalue weighted by Crippen LogP contribution is -1.70. The second-order valence-corrected chi connectivity index (χ2v) is 3.96. The van der Waals surface area contributed by atoms with Crippen molar-refractivity contribution in [2.24, 2.45) is 0 Å². The molecular formula is C16H11Cl. The van der Waals surface area contributed by atoms with Crippen molar-refractivity contribution < 1.29 is 0 Å². The maximum atomic E-state index is 5.80. The Morgan fingerprint density at radius 2 is 1.59 bits per heavy atom. The van der Waals surface area contributed by atoms with Crippen molar-refractivity contribution in [3.05, 3.63) is 76.8 Å². The van der Waals surface area contributed by atoms with E-state index in [1.54, 1.807) is 0 Å². The van der Waals surface area contributed by atoms with Crippen LogP contribution in [0.25, 0.3) is 6.08 Å². The normalized spacial score (nSPS) is 9.94. The average molecular weight is 239 g/mol. The lowest BCUT2D eigenvalue weighted by Gasteiger charge is -1.91. The van der Waals surface area contributed by atoms with Gasteiger partial charge in [0.05, 0.1) is 0 Å². The number of hydrogen-bond acceptors (Lipinski definition) is 0. The van der Waals surface area contributed by atoms with Crippen molar-refractivity contribution in [2.75, 3.05) is 0 Å². The van der Waals surface area contributed by atoms with Gasteiger partial charge in [-0.15, -0.1) is 0 Å². The van der Waals surface area contributed by atoms with Gasteiger partial charge in [0.1, 0.15) is 0 Å². The van der Waals surface area contributed by atoms with Gasteiger partial charge in [-0.25, -0.2) is 0 Å². The van der Waals surface area contributed by atoms with Crippen LogP contribution >= 0.6 is 11.6 Å². The van der Waals surface area contributed by atoms with E-state index in [4.69, 9.17) is 11.6 Å². The molecule has 0 unspecified atom stereocenters. The molecule has 0 aliphatic carbocycles. The number of allylic oxidation sites excluding steroid dienone is 1. The third-order valence-electron chi connectivity index (χ3n) is 2.22. The third kappa shape index (κ3) is 3.83. The highest BCUT2D eigenvalue weighted by Gasteiger charge is 1.86. The van der Waals surface area contributed by atoms with E-state index in [0.717, 1.165) is 16.1 Å². The fourth-order valence-corrected chi connectivity index (χ4v) is 1.48. The molecule has 1 heteroatoms. The molecule has 0 atom stereocenters. The predicted molar refractivity (Wildman–Crippen MR) is 73.8 cm³/mol. The minimum Gasteiger partial charge on any atom is -0.0843 e. The lowest BCUT2D eigenvalue weighted by molar-refractivity contribution is 1.65. The monoisotopic (exact) mass is 238 g/mol. The van der Waals surface area contributed by atoms with Crippen molar-refractivity contribution in [2.45, 2.75) is 0 Å². The highest BCUT2D eigenvalue weighted by Crippen LogP contribution is 2.10. The summed E-state index contributed by atoms with van der Waals surface area (Å²) in [5.74, 6) is 6.06. The SMILES string of the molecule is Clc1ccc(/C=C/C#Cc2ccccc2)cc1. The van der Waals surface area contributed by atoms with Gasteiger partial charge in [-0.2, -0.15) is 0 Å². The number of halogens is 1. The molecule has 2 rings (SSSR count). The molecule has 2 aromatic rings. The van der Waals surface area contributed by atoms with Gasteiger partial charge in [-0.05, 0) is 42.0 Å². The van der Waals surface area contributed by atoms with E-state index in [2.05, 4.69) is 11.8 Å². The Labute approximate surface area is 107 Å². The molecule has 0 aliphatic heterocycles. The van der Waals surface area contributed by atoms with E-state index >= 15 is 0 Å². The van der Waals surface area contributed by atoms with Crippen LogP contribution in [0.3, 0.4) is 0 Å². The van der Waals surface area contributed by atoms with Crippen LogP contribution in [0.1, 0.15) is 11.1 Å². The van der Waals surface area contributed by atoms with E-state index in [-0.39, 0.29) is 0 Å². The molecule has 0 bridgehead atoms. The fourth-order valence-electron chi connectivity index (χ4n) is 1.36. The van der Waals surface area contributed by atoms with E-state index < -0.39 is 0 Å². The van der Waals surface area contributed by atoms with Gasteiger partial charge >= 0.3 is 0 Å². The smallest absolute Gasteiger partial charge is 0.0406 e. The summed E-state index contributed by atoms with van der Waals surface area (Å²) in [6, 6.07) is 17.6. The second-order valence-electron chi connectivity index (χ2n) is 3.52. The number of benzene rings is 2. The Hall–Kier alpha value is -1.97. The average Bonchev–Trinajstić information content (AvgIpc) is 2.38. The molecule has 82 valence electrons. The maximum Gasteiger partial charge on any atom is 0.0406 e. The van der Waals surface area contributed by atoms with Crippen molar-refractivity contribution in [3.8, 4) is 11.8 Å². The molecule has 2 aromatic carbocycles. The summed E-state index contributed by atoms with van der Waals surface area (Å²) in [7, 11) is 0. The number of rotatable bonds is 1. The summed E-state index contributed by atoms with van der Waals surface area (Å²) in [5.41, 5.74) is 2.12. The molecule has 0 N–H and O–H groups in total. The standard InChI is InChI=1S/C16H11Cl/c17-16-12-10-15(11-13-16)9-5-4-8-14-6-2-1-3-7-14/h1-3,5-7,9-13H/b9-5+. The first-order valence-corrected chi connectivity index (χ1v) is 5.71. The van der Waals surface area contributed by atoms with Gasteiger partial charge < -0.3 is 0 Å². The molecule has 0 amide bonds. The van der Waals surface area contributed by atoms with Crippen LogP contribution in [0.15, 0.2) is 60.7 Å². The predicted octanol–water partition coefficient (Wildman–Crippen LogP) is 4.40. The second kappa shape index (κ2) is 5.94. The Bertz CT molecular complexity index is 554. The summed E-state index contributed by atoms with van der Waals surface area (Å²) >= 11 is 5.80. The Morgan fingerprint density at radius 3 is 2.29 bits per heavy atom. The first-order valence-electron chi connectivity index (χ1n) is 5.33. The topological polar surface area (TPSA) is 0 Å². The van der Waals surface area contributed by atoms with Crippen LogP contribution in [0.2, 0.25) is 5.02 Å². The molecule has 0 fully saturated rings. The summed E-state index contributed by atoms with van der Waals surface area (Å²) < 4.78 is 0. The molecule has 0 radical (unpaired) electrons. The first kappa shape index (κ1) is 11.5. The van der Waals surface area contributed by atoms with E-state index in [9.17, 15) is 0 Å². The largest absolute Gasteiger partial charge is 0.0843 e. The highest BCUT2D eigenvalue weighted by atomic mass is 35.5. The molecule has 0 saturated carbocycles. The van der Waals surface area contributed by atoms with E-state index in [0.29, 0.717) is 0 Å². The van der Waals surface area contributed by atoms with Gasteiger partial charge in [-0.3, -0.25) is 0 Å². The van der Waals surface area contributed by atoms with Crippen LogP contribution < -0.4 is 0 Å². The Kier molecular flexibility index (Phi) is 4.02. The van der Waals surface area contributed by atoms with Crippen LogP contribution in [0, 0.1) is 11.8 Å². The van der Waals surface area contributed by atoms with Gasteiger partial charge in [0.25, 0.3) is 0 Å². The molecule has 0 spiro atoms. The highest BCUT2D eigenvalue weighted by molar-refractivity contribution is 6.30. The van der Waals surface area contributed by atoms with Crippen molar-refractivity contribution in [1.29, 1.82) is 0 Å². The zero-order valence-corrected chi connectivity index (χ0v) is 9.98. The molecular weight excluding hydrogens is 228 g/mol. The maximum absolute atomic E-state index is 5.80. The van der Waals surface area contributed by atoms with Crippen molar-refractivity contribution in [3.63, 3.8) is 0 Å². The van der Waals surface area contributed by atoms with Crippen LogP contribution in [-0.4, -0.2) is 0 Å². The summed E-state index contributed by atoms with van der Waals surface area (Å²) in [6.07, 6.45) is 3.81. The fraction of sp³-hybridized carbons (Fsp3) is 0. The quantitative estimate of drug-likeness (QED) is 0.646. The lowest BCUT2D eigenvalue weighted by atomic mass is 10.2. The summed E-state index contributed by atoms with van der Waals surface area (Å²) in [6.45, 7) is 0. The van der Waals surface area contributed by atoms with Crippen LogP contribution in [-0.2, 0) is 0 Å². The zero-order chi connectivity index (χ0) is 11.9. The van der Waals surface area contributed by atoms with Gasteiger partial charge in [-0.1, -0.05) is 53.8 Å². The summed E-state index contributed by atoms with van der Waals surface area (Å²) in [4.78, 5) is 0. The molecule has 0 saturated heterocycles.